The molecular weight excluding hydrogens is 180 g/mol. The standard InChI is InChI=1S/C10H20N2O2/c1-3-14-8(2)10(13)12-6-4-5-9(12)7-11/h8-9H,3-7,11H2,1-2H3. The van der Waals surface area contributed by atoms with Crippen molar-refractivity contribution in [3.05, 3.63) is 0 Å². The number of hydrogen-bond donors (Lipinski definition) is 1. The van der Waals surface area contributed by atoms with Crippen LogP contribution in [0.1, 0.15) is 26.7 Å². The Bertz CT molecular complexity index is 197. The quantitative estimate of drug-likeness (QED) is 0.713. The lowest BCUT2D eigenvalue weighted by Gasteiger charge is -2.26. The second-order valence-electron chi connectivity index (χ2n) is 3.66. The van der Waals surface area contributed by atoms with E-state index < -0.39 is 0 Å². The average Bonchev–Trinajstić information content (AvgIpc) is 2.64. The number of amides is 1. The van der Waals surface area contributed by atoms with Gasteiger partial charge < -0.3 is 15.4 Å². The Morgan fingerprint density at radius 3 is 3.00 bits per heavy atom. The summed E-state index contributed by atoms with van der Waals surface area (Å²) in [5.74, 6) is 0.0831. The molecule has 1 amide bonds. The third kappa shape index (κ3) is 2.45. The molecule has 82 valence electrons. The molecule has 0 aromatic rings. The van der Waals surface area contributed by atoms with Gasteiger partial charge in [0, 0.05) is 25.7 Å². The van der Waals surface area contributed by atoms with Gasteiger partial charge in [0.25, 0.3) is 5.91 Å². The molecule has 0 bridgehead atoms. The largest absolute Gasteiger partial charge is 0.369 e. The van der Waals surface area contributed by atoms with E-state index in [0.29, 0.717) is 13.2 Å². The summed E-state index contributed by atoms with van der Waals surface area (Å²) >= 11 is 0. The fraction of sp³-hybridized carbons (Fsp3) is 0.900. The number of ether oxygens (including phenoxy) is 1. The first-order valence-electron chi connectivity index (χ1n) is 5.32. The normalized spacial score (nSPS) is 23.9. The molecule has 1 aliphatic rings. The van der Waals surface area contributed by atoms with Crippen molar-refractivity contribution >= 4 is 5.91 Å². The van der Waals surface area contributed by atoms with E-state index in [-0.39, 0.29) is 18.1 Å². The van der Waals surface area contributed by atoms with Gasteiger partial charge in [0.15, 0.2) is 0 Å². The first-order chi connectivity index (χ1) is 6.70. The molecule has 0 saturated carbocycles. The van der Waals surface area contributed by atoms with Crippen LogP contribution in [-0.2, 0) is 9.53 Å². The van der Waals surface area contributed by atoms with Gasteiger partial charge in [-0.25, -0.2) is 0 Å². The molecule has 1 heterocycles. The van der Waals surface area contributed by atoms with Crippen molar-refractivity contribution in [3.8, 4) is 0 Å². The second-order valence-corrected chi connectivity index (χ2v) is 3.66. The Hall–Kier alpha value is -0.610. The molecule has 4 nitrogen and oxygen atoms in total. The summed E-state index contributed by atoms with van der Waals surface area (Å²) in [7, 11) is 0. The monoisotopic (exact) mass is 200 g/mol. The van der Waals surface area contributed by atoms with E-state index >= 15 is 0 Å². The summed E-state index contributed by atoms with van der Waals surface area (Å²) < 4.78 is 5.28. The molecule has 2 N–H and O–H groups in total. The molecule has 0 aromatic carbocycles. The highest BCUT2D eigenvalue weighted by Crippen LogP contribution is 2.17. The molecule has 0 aliphatic carbocycles. The maximum Gasteiger partial charge on any atom is 0.251 e. The van der Waals surface area contributed by atoms with Crippen LogP contribution in [0, 0.1) is 0 Å². The van der Waals surface area contributed by atoms with Crippen molar-refractivity contribution in [2.75, 3.05) is 19.7 Å². The molecule has 14 heavy (non-hydrogen) atoms. The molecule has 1 fully saturated rings. The van der Waals surface area contributed by atoms with Gasteiger partial charge in [0.2, 0.25) is 0 Å². The number of rotatable bonds is 4. The van der Waals surface area contributed by atoms with E-state index in [9.17, 15) is 4.79 Å². The number of nitrogens with two attached hydrogens (primary N) is 1. The first kappa shape index (κ1) is 11.5. The van der Waals surface area contributed by atoms with Crippen molar-refractivity contribution < 1.29 is 9.53 Å². The molecule has 2 atom stereocenters. The average molecular weight is 200 g/mol. The van der Waals surface area contributed by atoms with Crippen molar-refractivity contribution in [2.45, 2.75) is 38.8 Å². The van der Waals surface area contributed by atoms with E-state index in [4.69, 9.17) is 10.5 Å². The highest BCUT2D eigenvalue weighted by molar-refractivity contribution is 5.81. The second kappa shape index (κ2) is 5.32. The number of carbonyl (C=O) groups is 1. The molecule has 1 rings (SSSR count). The summed E-state index contributed by atoms with van der Waals surface area (Å²) in [6.07, 6.45) is 1.76. The SMILES string of the molecule is CCOC(C)C(=O)N1CCCC1CN. The number of hydrogen-bond acceptors (Lipinski definition) is 3. The van der Waals surface area contributed by atoms with Gasteiger partial charge in [-0.3, -0.25) is 4.79 Å². The van der Waals surface area contributed by atoms with Crippen molar-refractivity contribution in [1.29, 1.82) is 0 Å². The minimum Gasteiger partial charge on any atom is -0.369 e. The lowest BCUT2D eigenvalue weighted by Crippen LogP contribution is -2.44. The Morgan fingerprint density at radius 2 is 2.43 bits per heavy atom. The Kier molecular flexibility index (Phi) is 4.35. The van der Waals surface area contributed by atoms with Crippen molar-refractivity contribution in [3.63, 3.8) is 0 Å². The maximum absolute atomic E-state index is 11.8. The third-order valence-corrected chi connectivity index (χ3v) is 2.70. The maximum atomic E-state index is 11.8. The summed E-state index contributed by atoms with van der Waals surface area (Å²) in [5.41, 5.74) is 5.60. The lowest BCUT2D eigenvalue weighted by atomic mass is 10.2. The van der Waals surface area contributed by atoms with Gasteiger partial charge in [-0.1, -0.05) is 0 Å². The highest BCUT2D eigenvalue weighted by Gasteiger charge is 2.30. The zero-order valence-electron chi connectivity index (χ0n) is 9.03. The van der Waals surface area contributed by atoms with E-state index in [1.807, 2.05) is 11.8 Å². The first-order valence-corrected chi connectivity index (χ1v) is 5.32. The Morgan fingerprint density at radius 1 is 1.71 bits per heavy atom. The molecular formula is C10H20N2O2. The molecule has 0 spiro atoms. The molecule has 2 unspecified atom stereocenters. The predicted octanol–water partition coefficient (Wildman–Crippen LogP) is 0.361. The molecule has 1 saturated heterocycles. The lowest BCUT2D eigenvalue weighted by molar-refractivity contribution is -0.143. The summed E-state index contributed by atoms with van der Waals surface area (Å²) in [4.78, 5) is 13.7. The van der Waals surface area contributed by atoms with E-state index in [0.717, 1.165) is 19.4 Å². The minimum absolute atomic E-state index is 0.0831. The number of carbonyl (C=O) groups excluding carboxylic acids is 1. The van der Waals surface area contributed by atoms with Gasteiger partial charge in [0.05, 0.1) is 0 Å². The highest BCUT2D eigenvalue weighted by atomic mass is 16.5. The van der Waals surface area contributed by atoms with Gasteiger partial charge in [-0.2, -0.15) is 0 Å². The molecule has 1 aliphatic heterocycles. The van der Waals surface area contributed by atoms with Crippen LogP contribution in [0.25, 0.3) is 0 Å². The molecule has 4 heteroatoms. The van der Waals surface area contributed by atoms with Crippen LogP contribution in [0.5, 0.6) is 0 Å². The number of nitrogens with zero attached hydrogens (tertiary/aromatic N) is 1. The zero-order valence-corrected chi connectivity index (χ0v) is 9.03. The summed E-state index contributed by atoms with van der Waals surface area (Å²) in [5, 5.41) is 0. The van der Waals surface area contributed by atoms with Crippen molar-refractivity contribution in [1.82, 2.24) is 4.90 Å². The fourth-order valence-corrected chi connectivity index (χ4v) is 1.93. The van der Waals surface area contributed by atoms with Crippen LogP contribution >= 0.6 is 0 Å². The Balaban J connectivity index is 2.50. The van der Waals surface area contributed by atoms with Crippen molar-refractivity contribution in [2.24, 2.45) is 5.73 Å². The van der Waals surface area contributed by atoms with Crippen LogP contribution in [-0.4, -0.2) is 42.6 Å². The van der Waals surface area contributed by atoms with Crippen LogP contribution in [0.2, 0.25) is 0 Å². The summed E-state index contributed by atoms with van der Waals surface area (Å²) in [6, 6.07) is 0.227. The Labute approximate surface area is 85.4 Å². The van der Waals surface area contributed by atoms with Gasteiger partial charge in [-0.15, -0.1) is 0 Å². The zero-order chi connectivity index (χ0) is 10.6. The smallest absolute Gasteiger partial charge is 0.251 e. The van der Waals surface area contributed by atoms with E-state index in [1.54, 1.807) is 6.92 Å². The van der Waals surface area contributed by atoms with Gasteiger partial charge >= 0.3 is 0 Å². The minimum atomic E-state index is -0.327. The number of likely N-dealkylation sites (tertiary alicyclic amines) is 1. The molecule has 0 radical (unpaired) electrons. The van der Waals surface area contributed by atoms with Crippen LogP contribution in [0.3, 0.4) is 0 Å². The van der Waals surface area contributed by atoms with Crippen LogP contribution in [0.4, 0.5) is 0 Å². The van der Waals surface area contributed by atoms with E-state index in [1.165, 1.54) is 0 Å². The van der Waals surface area contributed by atoms with Crippen LogP contribution in [0.15, 0.2) is 0 Å². The van der Waals surface area contributed by atoms with Gasteiger partial charge in [0.1, 0.15) is 6.10 Å². The van der Waals surface area contributed by atoms with E-state index in [2.05, 4.69) is 0 Å². The topological polar surface area (TPSA) is 55.6 Å². The fourth-order valence-electron chi connectivity index (χ4n) is 1.93. The third-order valence-electron chi connectivity index (χ3n) is 2.70. The van der Waals surface area contributed by atoms with Crippen LogP contribution < -0.4 is 5.73 Å². The van der Waals surface area contributed by atoms with Gasteiger partial charge in [-0.05, 0) is 26.7 Å². The summed E-state index contributed by atoms with van der Waals surface area (Å²) in [6.45, 7) is 5.67. The predicted molar refractivity (Wildman–Crippen MR) is 54.9 cm³/mol. The molecule has 0 aromatic heterocycles.